The molecule has 0 aliphatic carbocycles. The van der Waals surface area contributed by atoms with Crippen LogP contribution in [0.4, 0.5) is 0 Å². The number of hydrogen-bond acceptors (Lipinski definition) is 3. The lowest BCUT2D eigenvalue weighted by molar-refractivity contribution is -0.149. The molecular weight excluding hydrogens is 266 g/mol. The zero-order valence-electron chi connectivity index (χ0n) is 12.2. The van der Waals surface area contributed by atoms with E-state index >= 15 is 0 Å². The van der Waals surface area contributed by atoms with Crippen LogP contribution in [0.15, 0.2) is 42.5 Å². The minimum Gasteiger partial charge on any atom is -0.463 e. The number of nitrogens with one attached hydrogen (secondary N) is 1. The lowest BCUT2D eigenvalue weighted by Gasteiger charge is -2.20. The molecule has 0 saturated heterocycles. The van der Waals surface area contributed by atoms with E-state index in [1.165, 1.54) is 0 Å². The van der Waals surface area contributed by atoms with Crippen LogP contribution in [-0.2, 0) is 14.3 Å². The van der Waals surface area contributed by atoms with Gasteiger partial charge in [-0.2, -0.15) is 0 Å². The number of benzene rings is 1. The number of carbonyl (C=O) groups excluding carboxylic acids is 2. The maximum Gasteiger partial charge on any atom is 0.309 e. The van der Waals surface area contributed by atoms with Crippen molar-refractivity contribution >= 4 is 11.9 Å². The second-order valence-corrected chi connectivity index (χ2v) is 5.31. The summed E-state index contributed by atoms with van der Waals surface area (Å²) in [6, 6.07) is 9.29. The molecule has 0 bridgehead atoms. The molecule has 0 aromatic heterocycles. The number of rotatable bonds is 1. The van der Waals surface area contributed by atoms with Crippen LogP contribution in [0.3, 0.4) is 0 Å². The van der Waals surface area contributed by atoms with Crippen molar-refractivity contribution in [1.82, 2.24) is 5.32 Å². The summed E-state index contributed by atoms with van der Waals surface area (Å²) in [4.78, 5) is 23.9. The van der Waals surface area contributed by atoms with E-state index in [0.717, 1.165) is 5.56 Å². The molecule has 4 heteroatoms. The molecule has 0 fully saturated rings. The van der Waals surface area contributed by atoms with Gasteiger partial charge in [0.2, 0.25) is 5.91 Å². The summed E-state index contributed by atoms with van der Waals surface area (Å²) < 4.78 is 5.35. The monoisotopic (exact) mass is 287 g/mol. The van der Waals surface area contributed by atoms with Crippen LogP contribution in [0.1, 0.15) is 37.8 Å². The van der Waals surface area contributed by atoms with Crippen molar-refractivity contribution in [1.29, 1.82) is 0 Å². The predicted molar refractivity (Wildman–Crippen MR) is 80.4 cm³/mol. The molecule has 1 aromatic carbocycles. The van der Waals surface area contributed by atoms with Crippen LogP contribution < -0.4 is 5.32 Å². The number of esters is 1. The minimum atomic E-state index is -0.293. The zero-order chi connectivity index (χ0) is 15.1. The van der Waals surface area contributed by atoms with Gasteiger partial charge in [-0.3, -0.25) is 9.59 Å². The van der Waals surface area contributed by atoms with Gasteiger partial charge in [-0.15, -0.1) is 0 Å². The highest BCUT2D eigenvalue weighted by atomic mass is 16.5. The maximum absolute atomic E-state index is 11.9. The first kappa shape index (κ1) is 15.3. The normalized spacial score (nSPS) is 26.0. The van der Waals surface area contributed by atoms with Gasteiger partial charge in [0.05, 0.1) is 12.0 Å². The molecular formula is C17H21NO3. The molecule has 0 saturated carbocycles. The molecule has 21 heavy (non-hydrogen) atoms. The van der Waals surface area contributed by atoms with E-state index in [1.807, 2.05) is 49.4 Å². The van der Waals surface area contributed by atoms with E-state index in [9.17, 15) is 9.59 Å². The van der Waals surface area contributed by atoms with Gasteiger partial charge in [0, 0.05) is 6.42 Å². The average Bonchev–Trinajstić information content (AvgIpc) is 2.50. The van der Waals surface area contributed by atoms with Crippen molar-refractivity contribution in [2.45, 2.75) is 32.2 Å². The fourth-order valence-electron chi connectivity index (χ4n) is 2.21. The second kappa shape index (κ2) is 7.62. The maximum atomic E-state index is 11.9. The SMILES string of the molecule is C[C@H]1C/C=C\CCC(=O)N[C@@H](c2ccccc2)COC1=O. The Morgan fingerprint density at radius 2 is 1.90 bits per heavy atom. The number of carbonyl (C=O) groups is 2. The van der Waals surface area contributed by atoms with Gasteiger partial charge in [0.1, 0.15) is 6.61 Å². The van der Waals surface area contributed by atoms with Gasteiger partial charge >= 0.3 is 5.97 Å². The van der Waals surface area contributed by atoms with Crippen LogP contribution in [-0.4, -0.2) is 18.5 Å². The fraction of sp³-hybridized carbons (Fsp3) is 0.412. The smallest absolute Gasteiger partial charge is 0.309 e. The molecule has 0 spiro atoms. The third kappa shape index (κ3) is 4.74. The van der Waals surface area contributed by atoms with Crippen molar-refractivity contribution < 1.29 is 14.3 Å². The Kier molecular flexibility index (Phi) is 5.55. The Bertz CT molecular complexity index is 510. The molecule has 1 aliphatic heterocycles. The predicted octanol–water partition coefficient (Wildman–Crippen LogP) is 2.76. The van der Waals surface area contributed by atoms with Gasteiger partial charge in [-0.05, 0) is 18.4 Å². The fourth-order valence-corrected chi connectivity index (χ4v) is 2.21. The standard InChI is InChI=1S/C17H21NO3/c1-13-8-4-2-7-11-16(19)18-15(12-21-17(13)20)14-9-5-3-6-10-14/h2-6,9-10,13,15H,7-8,11-12H2,1H3,(H,18,19)/b4-2-/t13-,15+/m0/s1. The van der Waals surface area contributed by atoms with E-state index in [4.69, 9.17) is 4.74 Å². The van der Waals surface area contributed by atoms with Crippen molar-refractivity contribution in [3.8, 4) is 0 Å². The minimum absolute atomic E-state index is 0.0295. The topological polar surface area (TPSA) is 55.4 Å². The number of amides is 1. The molecule has 1 heterocycles. The third-order valence-corrected chi connectivity index (χ3v) is 3.53. The Morgan fingerprint density at radius 3 is 2.67 bits per heavy atom. The average molecular weight is 287 g/mol. The summed E-state index contributed by atoms with van der Waals surface area (Å²) in [6.07, 6.45) is 5.67. The van der Waals surface area contributed by atoms with E-state index < -0.39 is 0 Å². The number of allylic oxidation sites excluding steroid dienone is 2. The summed E-state index contributed by atoms with van der Waals surface area (Å²) in [5.41, 5.74) is 0.943. The van der Waals surface area contributed by atoms with E-state index in [0.29, 0.717) is 19.3 Å². The molecule has 1 amide bonds. The molecule has 1 aromatic rings. The van der Waals surface area contributed by atoms with Crippen LogP contribution in [0, 0.1) is 5.92 Å². The van der Waals surface area contributed by atoms with Gasteiger partial charge < -0.3 is 10.1 Å². The Morgan fingerprint density at radius 1 is 1.14 bits per heavy atom. The summed E-state index contributed by atoms with van der Waals surface area (Å²) in [5.74, 6) is -0.415. The lowest BCUT2D eigenvalue weighted by Crippen LogP contribution is -2.32. The first-order chi connectivity index (χ1) is 10.2. The van der Waals surface area contributed by atoms with Crippen molar-refractivity contribution in [2.24, 2.45) is 5.92 Å². The van der Waals surface area contributed by atoms with Crippen LogP contribution >= 0.6 is 0 Å². The van der Waals surface area contributed by atoms with E-state index in [-0.39, 0.29) is 30.4 Å². The van der Waals surface area contributed by atoms with Crippen LogP contribution in [0.5, 0.6) is 0 Å². The van der Waals surface area contributed by atoms with Gasteiger partial charge in [-0.25, -0.2) is 0 Å². The van der Waals surface area contributed by atoms with Gasteiger partial charge in [0.25, 0.3) is 0 Å². The Labute approximate surface area is 125 Å². The van der Waals surface area contributed by atoms with Crippen molar-refractivity contribution in [3.05, 3.63) is 48.0 Å². The molecule has 4 nitrogen and oxygen atoms in total. The quantitative estimate of drug-likeness (QED) is 0.638. The molecule has 2 atom stereocenters. The van der Waals surface area contributed by atoms with E-state index in [2.05, 4.69) is 5.32 Å². The van der Waals surface area contributed by atoms with Crippen LogP contribution in [0.2, 0.25) is 0 Å². The highest BCUT2D eigenvalue weighted by molar-refractivity contribution is 5.77. The molecule has 1 aliphatic rings. The molecule has 112 valence electrons. The first-order valence-electron chi connectivity index (χ1n) is 7.32. The molecule has 2 rings (SSSR count). The van der Waals surface area contributed by atoms with Gasteiger partial charge in [-0.1, -0.05) is 49.4 Å². The molecule has 0 unspecified atom stereocenters. The summed E-state index contributed by atoms with van der Waals surface area (Å²) in [7, 11) is 0. The summed E-state index contributed by atoms with van der Waals surface area (Å²) in [6.45, 7) is 2.02. The highest BCUT2D eigenvalue weighted by Crippen LogP contribution is 2.16. The summed E-state index contributed by atoms with van der Waals surface area (Å²) >= 11 is 0. The van der Waals surface area contributed by atoms with Crippen molar-refractivity contribution in [3.63, 3.8) is 0 Å². The largest absolute Gasteiger partial charge is 0.463 e. The first-order valence-corrected chi connectivity index (χ1v) is 7.32. The summed E-state index contributed by atoms with van der Waals surface area (Å²) in [5, 5.41) is 2.94. The Hall–Kier alpha value is -2.10. The second-order valence-electron chi connectivity index (χ2n) is 5.31. The number of ether oxygens (including phenoxy) is 1. The third-order valence-electron chi connectivity index (χ3n) is 3.53. The van der Waals surface area contributed by atoms with E-state index in [1.54, 1.807) is 0 Å². The highest BCUT2D eigenvalue weighted by Gasteiger charge is 2.19. The molecule has 1 N–H and O–H groups in total. The zero-order valence-corrected chi connectivity index (χ0v) is 12.2. The van der Waals surface area contributed by atoms with Crippen molar-refractivity contribution in [2.75, 3.05) is 6.61 Å². The van der Waals surface area contributed by atoms with Crippen LogP contribution in [0.25, 0.3) is 0 Å². The molecule has 0 radical (unpaired) electrons. The number of hydrogen-bond donors (Lipinski definition) is 1. The van der Waals surface area contributed by atoms with Gasteiger partial charge in [0.15, 0.2) is 0 Å². The Balaban J connectivity index is 2.13. The number of cyclic esters (lactones) is 1. The lowest BCUT2D eigenvalue weighted by atomic mass is 10.1.